The second-order valence-electron chi connectivity index (χ2n) is 5.48. The van der Waals surface area contributed by atoms with Gasteiger partial charge in [0.15, 0.2) is 0 Å². The van der Waals surface area contributed by atoms with Crippen LogP contribution < -0.4 is 10.5 Å². The van der Waals surface area contributed by atoms with E-state index in [2.05, 4.69) is 23.6 Å². The van der Waals surface area contributed by atoms with Gasteiger partial charge in [-0.25, -0.2) is 0 Å². The number of methoxy groups -OCH3 is 1. The standard InChI is InChI=1S/C15H25N3O/c1-12(2)18-8-6-17(7-9-18)11-13-10-14(16)4-5-15(13)19-3/h4-5,10,12H,6-9,11,16H2,1-3H3. The van der Waals surface area contributed by atoms with Crippen LogP contribution in [0.4, 0.5) is 5.69 Å². The SMILES string of the molecule is COc1ccc(N)cc1CN1CCN(C(C)C)CC1. The van der Waals surface area contributed by atoms with E-state index < -0.39 is 0 Å². The number of anilines is 1. The Hall–Kier alpha value is -1.26. The summed E-state index contributed by atoms with van der Waals surface area (Å²) in [7, 11) is 1.71. The van der Waals surface area contributed by atoms with Crippen molar-refractivity contribution < 1.29 is 4.74 Å². The minimum Gasteiger partial charge on any atom is -0.496 e. The Bertz CT molecular complexity index is 412. The normalized spacial score (nSPS) is 17.9. The van der Waals surface area contributed by atoms with Gasteiger partial charge in [-0.15, -0.1) is 0 Å². The molecule has 0 spiro atoms. The summed E-state index contributed by atoms with van der Waals surface area (Å²) in [5, 5.41) is 0. The lowest BCUT2D eigenvalue weighted by atomic mass is 10.1. The van der Waals surface area contributed by atoms with Crippen molar-refractivity contribution in [3.8, 4) is 5.75 Å². The molecule has 0 unspecified atom stereocenters. The van der Waals surface area contributed by atoms with E-state index in [1.54, 1.807) is 7.11 Å². The van der Waals surface area contributed by atoms with E-state index in [0.29, 0.717) is 6.04 Å². The van der Waals surface area contributed by atoms with Gasteiger partial charge in [0.1, 0.15) is 5.75 Å². The van der Waals surface area contributed by atoms with Gasteiger partial charge in [-0.3, -0.25) is 9.80 Å². The number of rotatable bonds is 4. The van der Waals surface area contributed by atoms with Crippen LogP contribution in [0.25, 0.3) is 0 Å². The Kier molecular flexibility index (Phi) is 4.66. The summed E-state index contributed by atoms with van der Waals surface area (Å²) in [6.07, 6.45) is 0. The van der Waals surface area contributed by atoms with E-state index >= 15 is 0 Å². The summed E-state index contributed by atoms with van der Waals surface area (Å²) in [4.78, 5) is 4.99. The van der Waals surface area contributed by atoms with Crippen molar-refractivity contribution in [2.24, 2.45) is 0 Å². The molecular weight excluding hydrogens is 238 g/mol. The number of nitrogen functional groups attached to an aromatic ring is 1. The van der Waals surface area contributed by atoms with Gasteiger partial charge in [-0.2, -0.15) is 0 Å². The molecule has 0 aromatic heterocycles. The average molecular weight is 263 g/mol. The van der Waals surface area contributed by atoms with Gasteiger partial charge in [0.2, 0.25) is 0 Å². The molecule has 1 aliphatic heterocycles. The second kappa shape index (κ2) is 6.26. The fraction of sp³-hybridized carbons (Fsp3) is 0.600. The summed E-state index contributed by atoms with van der Waals surface area (Å²) < 4.78 is 5.41. The molecule has 1 heterocycles. The predicted molar refractivity (Wildman–Crippen MR) is 79.4 cm³/mol. The minimum atomic E-state index is 0.643. The van der Waals surface area contributed by atoms with Crippen LogP contribution in [0.15, 0.2) is 18.2 Å². The van der Waals surface area contributed by atoms with Crippen LogP contribution in [0.3, 0.4) is 0 Å². The first-order valence-corrected chi connectivity index (χ1v) is 6.99. The van der Waals surface area contributed by atoms with Gasteiger partial charge >= 0.3 is 0 Å². The molecule has 1 aliphatic rings. The molecule has 0 atom stereocenters. The molecular formula is C15H25N3O. The van der Waals surface area contributed by atoms with E-state index in [4.69, 9.17) is 10.5 Å². The highest BCUT2D eigenvalue weighted by Crippen LogP contribution is 2.23. The topological polar surface area (TPSA) is 41.7 Å². The summed E-state index contributed by atoms with van der Waals surface area (Å²) in [6, 6.07) is 6.51. The zero-order valence-electron chi connectivity index (χ0n) is 12.2. The lowest BCUT2D eigenvalue weighted by Crippen LogP contribution is -2.48. The molecule has 1 aromatic carbocycles. The maximum atomic E-state index is 5.87. The van der Waals surface area contributed by atoms with Crippen LogP contribution in [0.1, 0.15) is 19.4 Å². The van der Waals surface area contributed by atoms with Gasteiger partial charge in [-0.05, 0) is 32.0 Å². The third kappa shape index (κ3) is 3.61. The number of benzene rings is 1. The van der Waals surface area contributed by atoms with Gasteiger partial charge in [0, 0.05) is 50.0 Å². The fourth-order valence-corrected chi connectivity index (χ4v) is 2.60. The average Bonchev–Trinajstić information content (AvgIpc) is 2.39. The largest absolute Gasteiger partial charge is 0.496 e. The van der Waals surface area contributed by atoms with E-state index in [1.807, 2.05) is 18.2 Å². The Labute approximate surface area is 116 Å². The van der Waals surface area contributed by atoms with Crippen LogP contribution >= 0.6 is 0 Å². The number of nitrogens with zero attached hydrogens (tertiary/aromatic N) is 2. The highest BCUT2D eigenvalue weighted by molar-refractivity contribution is 5.47. The molecule has 2 rings (SSSR count). The lowest BCUT2D eigenvalue weighted by Gasteiger charge is -2.37. The molecule has 4 nitrogen and oxygen atoms in total. The van der Waals surface area contributed by atoms with Crippen LogP contribution in [-0.2, 0) is 6.54 Å². The van der Waals surface area contributed by atoms with Crippen molar-refractivity contribution >= 4 is 5.69 Å². The zero-order chi connectivity index (χ0) is 13.8. The molecule has 19 heavy (non-hydrogen) atoms. The maximum absolute atomic E-state index is 5.87. The molecule has 106 valence electrons. The zero-order valence-corrected chi connectivity index (χ0v) is 12.2. The van der Waals surface area contributed by atoms with E-state index in [-0.39, 0.29) is 0 Å². The molecule has 1 saturated heterocycles. The van der Waals surface area contributed by atoms with Crippen molar-refractivity contribution in [2.45, 2.75) is 26.4 Å². The number of hydrogen-bond donors (Lipinski definition) is 1. The third-order valence-electron chi connectivity index (χ3n) is 3.84. The first kappa shape index (κ1) is 14.2. The van der Waals surface area contributed by atoms with Gasteiger partial charge in [0.25, 0.3) is 0 Å². The Morgan fingerprint density at radius 1 is 1.21 bits per heavy atom. The van der Waals surface area contributed by atoms with E-state index in [1.165, 1.54) is 5.56 Å². The fourth-order valence-electron chi connectivity index (χ4n) is 2.60. The van der Waals surface area contributed by atoms with Crippen LogP contribution in [0.2, 0.25) is 0 Å². The summed E-state index contributed by atoms with van der Waals surface area (Å²) >= 11 is 0. The van der Waals surface area contributed by atoms with Crippen molar-refractivity contribution in [3.05, 3.63) is 23.8 Å². The van der Waals surface area contributed by atoms with Crippen molar-refractivity contribution in [1.29, 1.82) is 0 Å². The van der Waals surface area contributed by atoms with Crippen LogP contribution in [0, 0.1) is 0 Å². The van der Waals surface area contributed by atoms with Gasteiger partial charge < -0.3 is 10.5 Å². The molecule has 2 N–H and O–H groups in total. The van der Waals surface area contributed by atoms with Crippen molar-refractivity contribution in [1.82, 2.24) is 9.80 Å². The molecule has 0 saturated carbocycles. The molecule has 0 aliphatic carbocycles. The highest BCUT2D eigenvalue weighted by Gasteiger charge is 2.19. The number of piperazine rings is 1. The van der Waals surface area contributed by atoms with Gasteiger partial charge in [0.05, 0.1) is 7.11 Å². The van der Waals surface area contributed by atoms with Gasteiger partial charge in [-0.1, -0.05) is 0 Å². The monoisotopic (exact) mass is 263 g/mol. The minimum absolute atomic E-state index is 0.643. The predicted octanol–water partition coefficient (Wildman–Crippen LogP) is 1.80. The first-order chi connectivity index (χ1) is 9.10. The summed E-state index contributed by atoms with van der Waals surface area (Å²) in [5.41, 5.74) is 7.85. The van der Waals surface area contributed by atoms with Crippen LogP contribution in [-0.4, -0.2) is 49.1 Å². The Balaban J connectivity index is 1.97. The summed E-state index contributed by atoms with van der Waals surface area (Å²) in [5.74, 6) is 0.931. The number of ether oxygens (including phenoxy) is 1. The van der Waals surface area contributed by atoms with Crippen molar-refractivity contribution in [2.75, 3.05) is 39.0 Å². The Morgan fingerprint density at radius 2 is 1.89 bits per heavy atom. The number of nitrogens with two attached hydrogens (primary N) is 1. The quantitative estimate of drug-likeness (QED) is 0.841. The Morgan fingerprint density at radius 3 is 2.47 bits per heavy atom. The van der Waals surface area contributed by atoms with E-state index in [0.717, 1.165) is 44.2 Å². The maximum Gasteiger partial charge on any atom is 0.123 e. The van der Waals surface area contributed by atoms with E-state index in [9.17, 15) is 0 Å². The highest BCUT2D eigenvalue weighted by atomic mass is 16.5. The molecule has 1 aromatic rings. The lowest BCUT2D eigenvalue weighted by molar-refractivity contribution is 0.103. The smallest absolute Gasteiger partial charge is 0.123 e. The number of hydrogen-bond acceptors (Lipinski definition) is 4. The molecule has 4 heteroatoms. The third-order valence-corrected chi connectivity index (χ3v) is 3.84. The first-order valence-electron chi connectivity index (χ1n) is 6.99. The molecule has 0 bridgehead atoms. The summed E-state index contributed by atoms with van der Waals surface area (Å²) in [6.45, 7) is 9.93. The second-order valence-corrected chi connectivity index (χ2v) is 5.48. The van der Waals surface area contributed by atoms with Crippen LogP contribution in [0.5, 0.6) is 5.75 Å². The molecule has 1 fully saturated rings. The van der Waals surface area contributed by atoms with Crippen molar-refractivity contribution in [3.63, 3.8) is 0 Å². The molecule has 0 radical (unpaired) electrons. The molecule has 0 amide bonds.